The molecule has 108 valence electrons. The second-order valence-electron chi connectivity index (χ2n) is 4.72. The third-order valence-electron chi connectivity index (χ3n) is 3.45. The van der Waals surface area contributed by atoms with Crippen LogP contribution in [0.5, 0.6) is 0 Å². The number of nitrogens with zero attached hydrogens (tertiary/aromatic N) is 2. The van der Waals surface area contributed by atoms with E-state index in [0.717, 1.165) is 17.7 Å². The van der Waals surface area contributed by atoms with Crippen molar-refractivity contribution in [3.05, 3.63) is 41.2 Å². The molecule has 2 heterocycles. The molecule has 0 radical (unpaired) electrons. The Kier molecular flexibility index (Phi) is 3.80. The molecule has 0 atom stereocenters. The third-order valence-corrected chi connectivity index (χ3v) is 5.53. The molecule has 0 fully saturated rings. The Labute approximate surface area is 124 Å². The molecule has 1 aromatic heterocycles. The van der Waals surface area contributed by atoms with Crippen LogP contribution in [0.1, 0.15) is 17.0 Å². The Morgan fingerprint density at radius 1 is 1.25 bits per heavy atom. The summed E-state index contributed by atoms with van der Waals surface area (Å²) in [6.45, 7) is 3.93. The lowest BCUT2D eigenvalue weighted by Gasteiger charge is -2.19. The number of rotatable bonds is 2. The van der Waals surface area contributed by atoms with Gasteiger partial charge in [0.05, 0.1) is 17.1 Å². The van der Waals surface area contributed by atoms with Crippen LogP contribution in [0.15, 0.2) is 29.2 Å². The molecule has 0 unspecified atom stereocenters. The van der Waals surface area contributed by atoms with Crippen LogP contribution in [0.3, 0.4) is 0 Å². The number of aromatic amines is 1. The van der Waals surface area contributed by atoms with Crippen molar-refractivity contribution in [2.45, 2.75) is 25.2 Å². The lowest BCUT2D eigenvalue weighted by molar-refractivity contribution is 0.591. The molecule has 7 heteroatoms. The fourth-order valence-corrected chi connectivity index (χ4v) is 4.43. The highest BCUT2D eigenvalue weighted by Crippen LogP contribution is 2.33. The molecule has 1 aromatic carbocycles. The van der Waals surface area contributed by atoms with Gasteiger partial charge in [-0.1, -0.05) is 18.2 Å². The fourth-order valence-electron chi connectivity index (χ4n) is 2.59. The number of aromatic nitrogens is 2. The fraction of sp³-hybridized carbons (Fsp3) is 0.308. The van der Waals surface area contributed by atoms with E-state index < -0.39 is 10.0 Å². The zero-order valence-corrected chi connectivity index (χ0v) is 12.9. The monoisotopic (exact) mass is 313 g/mol. The van der Waals surface area contributed by atoms with Crippen molar-refractivity contribution in [3.8, 4) is 0 Å². The van der Waals surface area contributed by atoms with Crippen LogP contribution in [0.2, 0.25) is 0 Å². The zero-order chi connectivity index (χ0) is 13.6. The topological polar surface area (TPSA) is 66.1 Å². The molecule has 20 heavy (non-hydrogen) atoms. The van der Waals surface area contributed by atoms with Crippen molar-refractivity contribution in [2.75, 3.05) is 10.8 Å². The van der Waals surface area contributed by atoms with Gasteiger partial charge in [-0.05, 0) is 31.9 Å². The lowest BCUT2D eigenvalue weighted by atomic mass is 10.2. The smallest absolute Gasteiger partial charge is 0.268 e. The molecule has 2 aromatic rings. The number of benzene rings is 1. The van der Waals surface area contributed by atoms with Gasteiger partial charge < -0.3 is 0 Å². The number of H-pyrrole nitrogens is 1. The Balaban J connectivity index is 0.00000147. The molecule has 1 aliphatic heterocycles. The summed E-state index contributed by atoms with van der Waals surface area (Å²) in [4.78, 5) is 0.296. The summed E-state index contributed by atoms with van der Waals surface area (Å²) >= 11 is 0. The van der Waals surface area contributed by atoms with Gasteiger partial charge in [-0.15, -0.1) is 12.4 Å². The van der Waals surface area contributed by atoms with Gasteiger partial charge in [-0.25, -0.2) is 8.42 Å². The van der Waals surface area contributed by atoms with E-state index >= 15 is 0 Å². The molecule has 3 rings (SSSR count). The van der Waals surface area contributed by atoms with E-state index in [2.05, 4.69) is 10.2 Å². The molecule has 1 aliphatic rings. The first-order chi connectivity index (χ1) is 9.01. The van der Waals surface area contributed by atoms with Gasteiger partial charge in [-0.3, -0.25) is 9.40 Å². The Morgan fingerprint density at radius 2 is 1.95 bits per heavy atom. The number of para-hydroxylation sites is 1. The van der Waals surface area contributed by atoms with Crippen molar-refractivity contribution in [1.82, 2.24) is 10.2 Å². The largest absolute Gasteiger partial charge is 0.281 e. The Morgan fingerprint density at radius 3 is 2.60 bits per heavy atom. The molecule has 1 N–H and O–H groups in total. The first kappa shape index (κ1) is 14.9. The van der Waals surface area contributed by atoms with Crippen LogP contribution in [-0.4, -0.2) is 25.2 Å². The van der Waals surface area contributed by atoms with E-state index in [4.69, 9.17) is 0 Å². The predicted molar refractivity (Wildman–Crippen MR) is 80.0 cm³/mol. The van der Waals surface area contributed by atoms with Crippen molar-refractivity contribution in [2.24, 2.45) is 0 Å². The van der Waals surface area contributed by atoms with E-state index in [0.29, 0.717) is 22.8 Å². The number of nitrogens with one attached hydrogen (secondary N) is 1. The van der Waals surface area contributed by atoms with Crippen LogP contribution in [0, 0.1) is 13.8 Å². The maximum Gasteiger partial charge on any atom is 0.268 e. The highest BCUT2D eigenvalue weighted by atomic mass is 35.5. The molecule has 0 amide bonds. The number of fused-ring (bicyclic) bond motifs is 1. The van der Waals surface area contributed by atoms with Crippen molar-refractivity contribution in [1.29, 1.82) is 0 Å². The molecule has 0 saturated carbocycles. The Bertz CT molecular complexity index is 720. The van der Waals surface area contributed by atoms with Crippen LogP contribution >= 0.6 is 12.4 Å². The summed E-state index contributed by atoms with van der Waals surface area (Å²) in [7, 11) is -3.53. The van der Waals surface area contributed by atoms with Gasteiger partial charge in [0, 0.05) is 6.54 Å². The molecular formula is C13H16ClN3O2S. The average molecular weight is 314 g/mol. The number of aryl methyl sites for hydroxylation is 2. The normalized spacial score (nSPS) is 14.0. The van der Waals surface area contributed by atoms with Gasteiger partial charge in [0.2, 0.25) is 0 Å². The average Bonchev–Trinajstić information content (AvgIpc) is 2.93. The number of halogens is 1. The van der Waals surface area contributed by atoms with Gasteiger partial charge in [0.25, 0.3) is 10.0 Å². The Hall–Kier alpha value is -1.53. The van der Waals surface area contributed by atoms with Crippen LogP contribution in [0.4, 0.5) is 5.69 Å². The van der Waals surface area contributed by atoms with Crippen LogP contribution < -0.4 is 4.31 Å². The second kappa shape index (κ2) is 5.10. The molecular weight excluding hydrogens is 298 g/mol. The lowest BCUT2D eigenvalue weighted by Crippen LogP contribution is -2.29. The van der Waals surface area contributed by atoms with Crippen LogP contribution in [-0.2, 0) is 16.4 Å². The van der Waals surface area contributed by atoms with Crippen molar-refractivity contribution >= 4 is 28.1 Å². The SMILES string of the molecule is Cc1n[nH]c(C)c1S(=O)(=O)N1CCc2ccccc21.Cl. The number of hydrogen-bond acceptors (Lipinski definition) is 3. The molecule has 0 aliphatic carbocycles. The van der Waals surface area contributed by atoms with Gasteiger partial charge >= 0.3 is 0 Å². The van der Waals surface area contributed by atoms with E-state index in [1.165, 1.54) is 4.31 Å². The third kappa shape index (κ3) is 2.09. The van der Waals surface area contributed by atoms with Crippen molar-refractivity contribution < 1.29 is 8.42 Å². The maximum absolute atomic E-state index is 12.8. The van der Waals surface area contributed by atoms with Gasteiger partial charge in [-0.2, -0.15) is 5.10 Å². The van der Waals surface area contributed by atoms with Gasteiger partial charge in [0.1, 0.15) is 4.90 Å². The molecule has 0 bridgehead atoms. The van der Waals surface area contributed by atoms with Gasteiger partial charge in [0.15, 0.2) is 0 Å². The van der Waals surface area contributed by atoms with Crippen molar-refractivity contribution in [3.63, 3.8) is 0 Å². The number of hydrogen-bond donors (Lipinski definition) is 1. The minimum Gasteiger partial charge on any atom is -0.281 e. The van der Waals surface area contributed by atoms with E-state index in [1.807, 2.05) is 24.3 Å². The zero-order valence-electron chi connectivity index (χ0n) is 11.3. The second-order valence-corrected chi connectivity index (χ2v) is 6.52. The molecule has 0 spiro atoms. The molecule has 5 nitrogen and oxygen atoms in total. The maximum atomic E-state index is 12.8. The highest BCUT2D eigenvalue weighted by molar-refractivity contribution is 7.93. The summed E-state index contributed by atoms with van der Waals surface area (Å²) in [5, 5.41) is 6.71. The minimum absolute atomic E-state index is 0. The predicted octanol–water partition coefficient (Wildman–Crippen LogP) is 2.20. The minimum atomic E-state index is -3.53. The highest BCUT2D eigenvalue weighted by Gasteiger charge is 2.33. The summed E-state index contributed by atoms with van der Waals surface area (Å²) < 4.78 is 27.0. The van der Waals surface area contributed by atoms with E-state index in [9.17, 15) is 8.42 Å². The summed E-state index contributed by atoms with van der Waals surface area (Å²) in [6, 6.07) is 7.62. The molecule has 0 saturated heterocycles. The number of sulfonamides is 1. The van der Waals surface area contributed by atoms with Crippen LogP contribution in [0.25, 0.3) is 0 Å². The quantitative estimate of drug-likeness (QED) is 0.924. The van der Waals surface area contributed by atoms with E-state index in [-0.39, 0.29) is 12.4 Å². The number of anilines is 1. The summed E-state index contributed by atoms with van der Waals surface area (Å²) in [6.07, 6.45) is 0.755. The van der Waals surface area contributed by atoms with E-state index in [1.54, 1.807) is 13.8 Å². The summed E-state index contributed by atoms with van der Waals surface area (Å²) in [5.74, 6) is 0. The first-order valence-corrected chi connectivity index (χ1v) is 7.58. The standard InChI is InChI=1S/C13H15N3O2S.ClH/c1-9-13(10(2)15-14-9)19(17,18)16-8-7-11-5-3-4-6-12(11)16;/h3-6H,7-8H2,1-2H3,(H,14,15);1H. The first-order valence-electron chi connectivity index (χ1n) is 6.14. The summed E-state index contributed by atoms with van der Waals surface area (Å²) in [5.41, 5.74) is 2.95.